The normalized spacial score (nSPS) is 25.9. The second-order valence-corrected chi connectivity index (χ2v) is 6.01. The molecule has 0 aromatic heterocycles. The van der Waals surface area contributed by atoms with E-state index in [4.69, 9.17) is 5.73 Å². The van der Waals surface area contributed by atoms with E-state index in [1.807, 2.05) is 0 Å². The fourth-order valence-corrected chi connectivity index (χ4v) is 3.16. The molecule has 0 radical (unpaired) electrons. The van der Waals surface area contributed by atoms with Crippen molar-refractivity contribution < 1.29 is 17.9 Å². The number of hydrogen-bond donors (Lipinski definition) is 2. The summed E-state index contributed by atoms with van der Waals surface area (Å²) >= 11 is 0. The Morgan fingerprint density at radius 1 is 1.19 bits per heavy atom. The molecule has 0 spiro atoms. The molecule has 1 aliphatic carbocycles. The Hall–Kier alpha value is -1.59. The van der Waals surface area contributed by atoms with Crippen LogP contribution in [0.1, 0.15) is 33.1 Å². The highest BCUT2D eigenvalue weighted by molar-refractivity contribution is 5.69. The molecular weight excluding hydrogens is 281 g/mol. The molecule has 2 rings (SSSR count). The Balaban J connectivity index is 2.15. The second-order valence-electron chi connectivity index (χ2n) is 6.01. The van der Waals surface area contributed by atoms with Crippen LogP contribution in [0.25, 0.3) is 0 Å². The van der Waals surface area contributed by atoms with E-state index in [1.54, 1.807) is 0 Å². The fourth-order valence-electron chi connectivity index (χ4n) is 3.16. The molecule has 1 aromatic rings. The first-order chi connectivity index (χ1) is 9.85. The number of halogens is 3. The van der Waals surface area contributed by atoms with Crippen molar-refractivity contribution >= 4 is 11.4 Å². The molecule has 3 N–H and O–H groups in total. The van der Waals surface area contributed by atoms with Crippen LogP contribution in [0.15, 0.2) is 12.1 Å². The summed E-state index contributed by atoms with van der Waals surface area (Å²) in [5, 5.41) is 3.23. The van der Waals surface area contributed by atoms with Gasteiger partial charge in [0.05, 0.1) is 11.4 Å². The van der Waals surface area contributed by atoms with Crippen LogP contribution in [0, 0.1) is 17.7 Å². The summed E-state index contributed by atoms with van der Waals surface area (Å²) < 4.78 is 42.2. The van der Waals surface area contributed by atoms with Gasteiger partial charge in [-0.25, -0.2) is 4.39 Å². The van der Waals surface area contributed by atoms with Crippen LogP contribution in [0.2, 0.25) is 0 Å². The molecule has 1 aromatic carbocycles. The van der Waals surface area contributed by atoms with Crippen LogP contribution in [-0.2, 0) is 0 Å². The maximum Gasteiger partial charge on any atom is 0.387 e. The van der Waals surface area contributed by atoms with E-state index in [-0.39, 0.29) is 11.7 Å². The zero-order chi connectivity index (χ0) is 15.6. The van der Waals surface area contributed by atoms with Gasteiger partial charge in [0.1, 0.15) is 0 Å². The summed E-state index contributed by atoms with van der Waals surface area (Å²) in [4.78, 5) is 0. The Morgan fingerprint density at radius 3 is 2.38 bits per heavy atom. The van der Waals surface area contributed by atoms with Gasteiger partial charge in [-0.15, -0.1) is 0 Å². The van der Waals surface area contributed by atoms with Crippen molar-refractivity contribution in [2.24, 2.45) is 11.8 Å². The maximum absolute atomic E-state index is 13.5. The zero-order valence-corrected chi connectivity index (χ0v) is 12.2. The number of nitrogens with one attached hydrogen (secondary N) is 1. The summed E-state index contributed by atoms with van der Waals surface area (Å²) in [6.07, 6.45) is 3.13. The first-order valence-corrected chi connectivity index (χ1v) is 7.15. The summed E-state index contributed by atoms with van der Waals surface area (Å²) in [5.74, 6) is -0.197. The molecule has 3 nitrogen and oxygen atoms in total. The van der Waals surface area contributed by atoms with Crippen molar-refractivity contribution in [3.05, 3.63) is 17.9 Å². The summed E-state index contributed by atoms with van der Waals surface area (Å²) in [6.45, 7) is 1.30. The minimum Gasteiger partial charge on any atom is -0.432 e. The molecule has 0 aliphatic heterocycles. The highest BCUT2D eigenvalue weighted by Crippen LogP contribution is 2.34. The van der Waals surface area contributed by atoms with Gasteiger partial charge in [0.2, 0.25) is 0 Å². The molecule has 0 amide bonds. The Kier molecular flexibility index (Phi) is 4.85. The number of hydrogen-bond acceptors (Lipinski definition) is 3. The van der Waals surface area contributed by atoms with Crippen molar-refractivity contribution in [2.75, 3.05) is 11.1 Å². The van der Waals surface area contributed by atoms with Gasteiger partial charge in [0, 0.05) is 18.2 Å². The van der Waals surface area contributed by atoms with Crippen molar-refractivity contribution in [2.45, 2.75) is 45.8 Å². The number of anilines is 2. The number of rotatable bonds is 4. The average molecular weight is 302 g/mol. The first kappa shape index (κ1) is 15.8. The van der Waals surface area contributed by atoms with Crippen LogP contribution < -0.4 is 15.8 Å². The van der Waals surface area contributed by atoms with E-state index in [0.29, 0.717) is 17.5 Å². The van der Waals surface area contributed by atoms with Gasteiger partial charge in [0.15, 0.2) is 11.6 Å². The van der Waals surface area contributed by atoms with Gasteiger partial charge in [-0.2, -0.15) is 8.78 Å². The predicted octanol–water partition coefficient (Wildman–Crippen LogP) is 4.25. The number of nitrogen functional groups attached to an aromatic ring is 1. The molecule has 0 heterocycles. The molecular formula is C15H21F3N2O. The lowest BCUT2D eigenvalue weighted by molar-refractivity contribution is -0.0521. The number of benzene rings is 1. The van der Waals surface area contributed by atoms with E-state index in [0.717, 1.165) is 18.9 Å². The molecule has 6 heteroatoms. The lowest BCUT2D eigenvalue weighted by Gasteiger charge is -2.33. The van der Waals surface area contributed by atoms with E-state index < -0.39 is 18.2 Å². The Morgan fingerprint density at radius 2 is 1.81 bits per heavy atom. The Bertz CT molecular complexity index is 486. The van der Waals surface area contributed by atoms with Gasteiger partial charge in [-0.1, -0.05) is 13.8 Å². The van der Waals surface area contributed by atoms with E-state index >= 15 is 0 Å². The molecule has 0 saturated heterocycles. The van der Waals surface area contributed by atoms with Gasteiger partial charge in [-0.05, 0) is 31.1 Å². The lowest BCUT2D eigenvalue weighted by Crippen LogP contribution is -2.30. The highest BCUT2D eigenvalue weighted by Gasteiger charge is 2.24. The third-order valence-electron chi connectivity index (χ3n) is 3.86. The fraction of sp³-hybridized carbons (Fsp3) is 0.600. The standard InChI is InChI=1S/C15H21F3N2O/c1-8-3-9(2)5-10(4-8)20-13-7-14(21-15(17)18)11(16)6-12(13)19/h6-10,15,20H,3-5,19H2,1-2H3. The van der Waals surface area contributed by atoms with E-state index in [1.165, 1.54) is 12.5 Å². The maximum atomic E-state index is 13.5. The number of alkyl halides is 2. The Labute approximate surface area is 122 Å². The van der Waals surface area contributed by atoms with Gasteiger partial charge in [-0.3, -0.25) is 0 Å². The molecule has 1 fully saturated rings. The molecule has 21 heavy (non-hydrogen) atoms. The topological polar surface area (TPSA) is 47.3 Å². The summed E-state index contributed by atoms with van der Waals surface area (Å²) in [5.41, 5.74) is 6.40. The van der Waals surface area contributed by atoms with Crippen LogP contribution in [0.5, 0.6) is 5.75 Å². The predicted molar refractivity (Wildman–Crippen MR) is 77.0 cm³/mol. The monoisotopic (exact) mass is 302 g/mol. The van der Waals surface area contributed by atoms with Crippen molar-refractivity contribution in [3.63, 3.8) is 0 Å². The largest absolute Gasteiger partial charge is 0.432 e. The van der Waals surface area contributed by atoms with Crippen molar-refractivity contribution in [1.82, 2.24) is 0 Å². The van der Waals surface area contributed by atoms with Gasteiger partial charge < -0.3 is 15.8 Å². The van der Waals surface area contributed by atoms with Crippen LogP contribution >= 0.6 is 0 Å². The molecule has 2 unspecified atom stereocenters. The highest BCUT2D eigenvalue weighted by atomic mass is 19.3. The van der Waals surface area contributed by atoms with Crippen molar-refractivity contribution in [3.8, 4) is 5.75 Å². The number of nitrogens with two attached hydrogens (primary N) is 1. The second kappa shape index (κ2) is 6.45. The van der Waals surface area contributed by atoms with Crippen LogP contribution in [0.4, 0.5) is 24.5 Å². The van der Waals surface area contributed by atoms with Crippen molar-refractivity contribution in [1.29, 1.82) is 0 Å². The number of ether oxygens (including phenoxy) is 1. The zero-order valence-electron chi connectivity index (χ0n) is 12.2. The molecule has 1 saturated carbocycles. The minimum atomic E-state index is -3.06. The SMILES string of the molecule is CC1CC(C)CC(Nc2cc(OC(F)F)c(F)cc2N)C1. The molecule has 0 bridgehead atoms. The first-order valence-electron chi connectivity index (χ1n) is 7.15. The molecule has 118 valence electrons. The minimum absolute atomic E-state index is 0.194. The average Bonchev–Trinajstić information content (AvgIpc) is 2.33. The van der Waals surface area contributed by atoms with Crippen LogP contribution in [0.3, 0.4) is 0 Å². The summed E-state index contributed by atoms with van der Waals surface area (Å²) in [6, 6.07) is 2.42. The lowest BCUT2D eigenvalue weighted by atomic mass is 9.80. The van der Waals surface area contributed by atoms with E-state index in [2.05, 4.69) is 23.9 Å². The molecule has 1 aliphatic rings. The smallest absolute Gasteiger partial charge is 0.387 e. The van der Waals surface area contributed by atoms with E-state index in [9.17, 15) is 13.2 Å². The molecule has 2 atom stereocenters. The van der Waals surface area contributed by atoms with Gasteiger partial charge >= 0.3 is 6.61 Å². The third-order valence-corrected chi connectivity index (χ3v) is 3.86. The van der Waals surface area contributed by atoms with Crippen LogP contribution in [-0.4, -0.2) is 12.7 Å². The quantitative estimate of drug-likeness (QED) is 0.818. The van der Waals surface area contributed by atoms with Gasteiger partial charge in [0.25, 0.3) is 0 Å². The summed E-state index contributed by atoms with van der Waals surface area (Å²) in [7, 11) is 0. The third kappa shape index (κ3) is 4.19.